The minimum Gasteiger partial charge on any atom is -0.395 e. The summed E-state index contributed by atoms with van der Waals surface area (Å²) in [6.07, 6.45) is 1.98. The van der Waals surface area contributed by atoms with Crippen LogP contribution in [-0.2, 0) is 4.79 Å². The number of imidazole rings is 1. The number of benzene rings is 1. The Morgan fingerprint density at radius 1 is 1.24 bits per heavy atom. The van der Waals surface area contributed by atoms with Crippen LogP contribution in [0.15, 0.2) is 17.3 Å². The number of hydrogen-bond acceptors (Lipinski definition) is 6. The molecule has 2 N–H and O–H groups in total. The third kappa shape index (κ3) is 4.82. The number of aliphatic hydroxyl groups is 1. The van der Waals surface area contributed by atoms with Gasteiger partial charge < -0.3 is 19.9 Å². The predicted octanol–water partition coefficient (Wildman–Crippen LogP) is 2.43. The molecule has 29 heavy (non-hydrogen) atoms. The van der Waals surface area contributed by atoms with Gasteiger partial charge in [-0.3, -0.25) is 9.69 Å². The molecule has 9 heteroatoms. The van der Waals surface area contributed by atoms with Crippen LogP contribution in [0.2, 0.25) is 5.02 Å². The number of thioether (sulfide) groups is 1. The van der Waals surface area contributed by atoms with Crippen LogP contribution in [0.5, 0.6) is 0 Å². The number of piperidine rings is 1. The van der Waals surface area contributed by atoms with Gasteiger partial charge in [0, 0.05) is 58.0 Å². The minimum absolute atomic E-state index is 0.163. The zero-order valence-corrected chi connectivity index (χ0v) is 18.3. The van der Waals surface area contributed by atoms with Crippen LogP contribution >= 0.6 is 23.4 Å². The number of carbonyl (C=O) groups is 1. The molecule has 158 valence electrons. The highest BCUT2D eigenvalue weighted by Crippen LogP contribution is 2.34. The van der Waals surface area contributed by atoms with E-state index in [1.165, 1.54) is 0 Å². The highest BCUT2D eigenvalue weighted by Gasteiger charge is 2.23. The first kappa shape index (κ1) is 20.8. The third-order valence-electron chi connectivity index (χ3n) is 5.82. The molecule has 0 atom stereocenters. The molecule has 0 aliphatic carbocycles. The van der Waals surface area contributed by atoms with Gasteiger partial charge in [0.05, 0.1) is 28.4 Å². The maximum absolute atomic E-state index is 11.5. The van der Waals surface area contributed by atoms with Gasteiger partial charge in [-0.25, -0.2) is 4.98 Å². The van der Waals surface area contributed by atoms with Crippen LogP contribution in [0.1, 0.15) is 19.8 Å². The number of anilines is 1. The molecule has 1 amide bonds. The first-order valence-corrected chi connectivity index (χ1v) is 11.5. The van der Waals surface area contributed by atoms with Gasteiger partial charge in [-0.05, 0) is 25.0 Å². The fraction of sp³-hybridized carbons (Fsp3) is 0.600. The average Bonchev–Trinajstić information content (AvgIpc) is 3.09. The number of aromatic nitrogens is 2. The molecule has 0 saturated carbocycles. The number of H-pyrrole nitrogens is 1. The molecule has 2 aliphatic heterocycles. The van der Waals surface area contributed by atoms with Crippen LogP contribution in [0.25, 0.3) is 11.0 Å². The van der Waals surface area contributed by atoms with Crippen molar-refractivity contribution in [3.8, 4) is 0 Å². The number of aromatic amines is 1. The molecular formula is C20H28ClN5O2S. The Kier molecular flexibility index (Phi) is 6.53. The van der Waals surface area contributed by atoms with Gasteiger partial charge in [0.2, 0.25) is 5.91 Å². The van der Waals surface area contributed by atoms with E-state index < -0.39 is 0 Å². The first-order valence-electron chi connectivity index (χ1n) is 10.2. The summed E-state index contributed by atoms with van der Waals surface area (Å²) >= 11 is 8.36. The van der Waals surface area contributed by atoms with E-state index in [0.717, 1.165) is 85.6 Å². The molecule has 4 rings (SSSR count). The normalized spacial score (nSPS) is 19.3. The van der Waals surface area contributed by atoms with Crippen LogP contribution < -0.4 is 4.90 Å². The van der Waals surface area contributed by atoms with Crippen molar-refractivity contribution < 1.29 is 9.90 Å². The molecule has 0 bridgehead atoms. The maximum Gasteiger partial charge on any atom is 0.219 e. The fourth-order valence-corrected chi connectivity index (χ4v) is 5.46. The number of fused-ring (bicyclic) bond motifs is 1. The van der Waals surface area contributed by atoms with Gasteiger partial charge in [0.1, 0.15) is 0 Å². The second kappa shape index (κ2) is 9.12. The summed E-state index contributed by atoms with van der Waals surface area (Å²) in [6, 6.07) is 4.06. The Hall–Kier alpha value is -1.48. The molecule has 2 saturated heterocycles. The van der Waals surface area contributed by atoms with Crippen LogP contribution in [-0.4, -0.2) is 88.5 Å². The lowest BCUT2D eigenvalue weighted by molar-refractivity contribution is -0.129. The van der Waals surface area contributed by atoms with E-state index >= 15 is 0 Å². The Bertz CT molecular complexity index is 860. The largest absolute Gasteiger partial charge is 0.395 e. The first-order chi connectivity index (χ1) is 14.0. The molecular weight excluding hydrogens is 410 g/mol. The van der Waals surface area contributed by atoms with Gasteiger partial charge >= 0.3 is 0 Å². The fourth-order valence-electron chi connectivity index (χ4n) is 4.09. The Balaban J connectivity index is 1.43. The van der Waals surface area contributed by atoms with Crippen molar-refractivity contribution >= 4 is 46.0 Å². The maximum atomic E-state index is 11.5. The molecule has 2 fully saturated rings. The molecule has 7 nitrogen and oxygen atoms in total. The number of halogens is 1. The molecule has 0 unspecified atom stereocenters. The highest BCUT2D eigenvalue weighted by molar-refractivity contribution is 7.99. The average molecular weight is 438 g/mol. The monoisotopic (exact) mass is 437 g/mol. The second-order valence-corrected chi connectivity index (χ2v) is 9.43. The van der Waals surface area contributed by atoms with Crippen molar-refractivity contribution in [3.63, 3.8) is 0 Å². The van der Waals surface area contributed by atoms with Crippen molar-refractivity contribution in [1.82, 2.24) is 19.8 Å². The van der Waals surface area contributed by atoms with Gasteiger partial charge in [-0.15, -0.1) is 0 Å². The Labute approximate surface area is 180 Å². The van der Waals surface area contributed by atoms with Crippen molar-refractivity contribution in [2.24, 2.45) is 0 Å². The van der Waals surface area contributed by atoms with E-state index in [2.05, 4.69) is 20.9 Å². The number of amides is 1. The van der Waals surface area contributed by atoms with E-state index in [4.69, 9.17) is 21.7 Å². The number of hydrogen-bond donors (Lipinski definition) is 2. The topological polar surface area (TPSA) is 75.7 Å². The Morgan fingerprint density at radius 2 is 1.97 bits per heavy atom. The SMILES string of the molecule is CC(=O)N1CCC(Sc2nc3cc(N4CCN(CCO)CC4)c(Cl)cc3[nH]2)CC1. The quantitative estimate of drug-likeness (QED) is 0.748. The van der Waals surface area contributed by atoms with Crippen molar-refractivity contribution in [3.05, 3.63) is 17.2 Å². The second-order valence-electron chi connectivity index (χ2n) is 7.74. The summed E-state index contributed by atoms with van der Waals surface area (Å²) in [5.41, 5.74) is 2.92. The summed E-state index contributed by atoms with van der Waals surface area (Å²) in [7, 11) is 0. The smallest absolute Gasteiger partial charge is 0.219 e. The molecule has 1 aromatic carbocycles. The van der Waals surface area contributed by atoms with Crippen molar-refractivity contribution in [2.45, 2.75) is 30.2 Å². The van der Waals surface area contributed by atoms with E-state index in [1.54, 1.807) is 18.7 Å². The number of nitrogens with one attached hydrogen (secondary N) is 1. The van der Waals surface area contributed by atoms with E-state index in [0.29, 0.717) is 5.25 Å². The lowest BCUT2D eigenvalue weighted by atomic mass is 10.1. The molecule has 2 aromatic rings. The highest BCUT2D eigenvalue weighted by atomic mass is 35.5. The number of piperazine rings is 1. The Morgan fingerprint density at radius 3 is 2.62 bits per heavy atom. The van der Waals surface area contributed by atoms with Crippen molar-refractivity contribution in [2.75, 3.05) is 57.3 Å². The minimum atomic E-state index is 0.163. The summed E-state index contributed by atoms with van der Waals surface area (Å²) in [6.45, 7) is 7.86. The summed E-state index contributed by atoms with van der Waals surface area (Å²) in [5, 5.41) is 11.2. The van der Waals surface area contributed by atoms with Gasteiger partial charge in [0.25, 0.3) is 0 Å². The zero-order chi connectivity index (χ0) is 20.4. The number of aliphatic hydroxyl groups excluding tert-OH is 1. The van der Waals surface area contributed by atoms with E-state index in [1.807, 2.05) is 11.0 Å². The predicted molar refractivity (Wildman–Crippen MR) is 118 cm³/mol. The molecule has 3 heterocycles. The lowest BCUT2D eigenvalue weighted by Crippen LogP contribution is -2.47. The molecule has 2 aliphatic rings. The molecule has 0 spiro atoms. The van der Waals surface area contributed by atoms with Gasteiger partial charge in [0.15, 0.2) is 5.16 Å². The van der Waals surface area contributed by atoms with Crippen molar-refractivity contribution in [1.29, 1.82) is 0 Å². The third-order valence-corrected chi connectivity index (χ3v) is 7.35. The van der Waals surface area contributed by atoms with Gasteiger partial charge in [-0.1, -0.05) is 23.4 Å². The molecule has 0 radical (unpaired) electrons. The lowest BCUT2D eigenvalue weighted by Gasteiger charge is -2.36. The van der Waals surface area contributed by atoms with E-state index in [-0.39, 0.29) is 12.5 Å². The van der Waals surface area contributed by atoms with E-state index in [9.17, 15) is 4.79 Å². The summed E-state index contributed by atoms with van der Waals surface area (Å²) in [4.78, 5) is 26.2. The van der Waals surface area contributed by atoms with Crippen LogP contribution in [0, 0.1) is 0 Å². The number of nitrogens with zero attached hydrogens (tertiary/aromatic N) is 4. The number of rotatable bonds is 5. The zero-order valence-electron chi connectivity index (χ0n) is 16.7. The standard InChI is InChI=1S/C20H28ClN5O2S/c1-14(28)25-4-2-15(3-5-25)29-20-22-17-12-16(21)19(13-18(17)23-20)26-8-6-24(7-9-26)10-11-27/h12-13,15,27H,2-11H2,1H3,(H,22,23). The number of likely N-dealkylation sites (tertiary alicyclic amines) is 1. The number of β-amino-alcohol motifs (C(OH)–C–C–N with tert-alkyl or cyclic N) is 1. The van der Waals surface area contributed by atoms with Crippen LogP contribution in [0.3, 0.4) is 0 Å². The molecule has 1 aromatic heterocycles. The summed E-state index contributed by atoms with van der Waals surface area (Å²) in [5.74, 6) is 0.163. The summed E-state index contributed by atoms with van der Waals surface area (Å²) < 4.78 is 0. The number of carbonyl (C=O) groups excluding carboxylic acids is 1. The van der Waals surface area contributed by atoms with Crippen LogP contribution in [0.4, 0.5) is 5.69 Å². The van der Waals surface area contributed by atoms with Gasteiger partial charge in [-0.2, -0.15) is 0 Å².